The van der Waals surface area contributed by atoms with E-state index in [4.69, 9.17) is 9.47 Å². The Labute approximate surface area is 157 Å². The molecule has 6 nitrogen and oxygen atoms in total. The Kier molecular flexibility index (Phi) is 6.14. The third-order valence-electron chi connectivity index (χ3n) is 3.75. The number of benzene rings is 2. The maximum Gasteiger partial charge on any atom is 0.271 e. The summed E-state index contributed by atoms with van der Waals surface area (Å²) in [6, 6.07) is 18.5. The number of ether oxygens (including phenoxy) is 2. The molecule has 27 heavy (non-hydrogen) atoms. The molecule has 0 saturated carbocycles. The third kappa shape index (κ3) is 5.15. The summed E-state index contributed by atoms with van der Waals surface area (Å²) < 4.78 is 11.2. The molecule has 3 rings (SSSR count). The number of rotatable bonds is 7. The first-order chi connectivity index (χ1) is 13.3. The predicted molar refractivity (Wildman–Crippen MR) is 103 cm³/mol. The summed E-state index contributed by atoms with van der Waals surface area (Å²) in [4.78, 5) is 15.8. The summed E-state index contributed by atoms with van der Waals surface area (Å²) in [5.74, 6) is 0.928. The topological polar surface area (TPSA) is 72.8 Å². The van der Waals surface area contributed by atoms with Gasteiger partial charge in [0.1, 0.15) is 6.61 Å². The fourth-order valence-electron chi connectivity index (χ4n) is 2.35. The summed E-state index contributed by atoms with van der Waals surface area (Å²) in [7, 11) is 1.59. The molecule has 0 aliphatic heterocycles. The second-order valence-corrected chi connectivity index (χ2v) is 5.62. The van der Waals surface area contributed by atoms with Crippen LogP contribution in [0.4, 0.5) is 0 Å². The molecule has 0 bridgehead atoms. The van der Waals surface area contributed by atoms with Crippen LogP contribution in [0.2, 0.25) is 0 Å². The lowest BCUT2D eigenvalue weighted by molar-refractivity contribution is 0.0955. The van der Waals surface area contributed by atoms with Gasteiger partial charge in [0.15, 0.2) is 11.5 Å². The first-order valence-electron chi connectivity index (χ1n) is 8.34. The average Bonchev–Trinajstić information content (AvgIpc) is 2.73. The van der Waals surface area contributed by atoms with Gasteiger partial charge in [0.05, 0.1) is 13.3 Å². The standard InChI is InChI=1S/C21H19N3O3/c1-26-19-8-7-17(13-20(19)27-15-16-5-3-2-4-6-16)14-23-24-21(25)18-9-11-22-12-10-18/h2-14H,15H2,1H3,(H,24,25)/b23-14+. The van der Waals surface area contributed by atoms with Crippen LogP contribution in [0.5, 0.6) is 11.5 Å². The lowest BCUT2D eigenvalue weighted by Gasteiger charge is -2.11. The van der Waals surface area contributed by atoms with Crippen LogP contribution in [0, 0.1) is 0 Å². The first-order valence-corrected chi connectivity index (χ1v) is 8.34. The van der Waals surface area contributed by atoms with E-state index in [1.807, 2.05) is 42.5 Å². The van der Waals surface area contributed by atoms with Gasteiger partial charge in [0, 0.05) is 18.0 Å². The number of pyridine rings is 1. The van der Waals surface area contributed by atoms with Gasteiger partial charge < -0.3 is 9.47 Å². The van der Waals surface area contributed by atoms with Crippen LogP contribution in [-0.4, -0.2) is 24.2 Å². The van der Waals surface area contributed by atoms with Crippen LogP contribution in [-0.2, 0) is 6.61 Å². The fraction of sp³-hybridized carbons (Fsp3) is 0.0952. The van der Waals surface area contributed by atoms with Crippen molar-refractivity contribution >= 4 is 12.1 Å². The van der Waals surface area contributed by atoms with E-state index in [0.29, 0.717) is 23.7 Å². The molecule has 1 aromatic heterocycles. The number of carbonyl (C=O) groups is 1. The van der Waals surface area contributed by atoms with Crippen molar-refractivity contribution < 1.29 is 14.3 Å². The van der Waals surface area contributed by atoms with E-state index >= 15 is 0 Å². The highest BCUT2D eigenvalue weighted by atomic mass is 16.5. The molecule has 0 unspecified atom stereocenters. The Hall–Kier alpha value is -3.67. The molecule has 0 aliphatic carbocycles. The number of nitrogens with one attached hydrogen (secondary N) is 1. The first kappa shape index (κ1) is 18.1. The average molecular weight is 361 g/mol. The third-order valence-corrected chi connectivity index (χ3v) is 3.75. The van der Waals surface area contributed by atoms with Crippen LogP contribution in [0.1, 0.15) is 21.5 Å². The van der Waals surface area contributed by atoms with Crippen molar-refractivity contribution in [2.24, 2.45) is 5.10 Å². The predicted octanol–water partition coefficient (Wildman–Crippen LogP) is 3.43. The highest BCUT2D eigenvalue weighted by Gasteiger charge is 2.06. The Balaban J connectivity index is 1.66. The van der Waals surface area contributed by atoms with Gasteiger partial charge in [0.25, 0.3) is 5.91 Å². The summed E-state index contributed by atoms with van der Waals surface area (Å²) in [6.45, 7) is 0.427. The lowest BCUT2D eigenvalue weighted by Crippen LogP contribution is -2.17. The fourth-order valence-corrected chi connectivity index (χ4v) is 2.35. The van der Waals surface area contributed by atoms with E-state index in [2.05, 4.69) is 15.5 Å². The van der Waals surface area contributed by atoms with Gasteiger partial charge >= 0.3 is 0 Å². The molecule has 1 N–H and O–H groups in total. The van der Waals surface area contributed by atoms with Gasteiger partial charge in [0.2, 0.25) is 0 Å². The van der Waals surface area contributed by atoms with Crippen molar-refractivity contribution in [3.05, 3.63) is 89.7 Å². The maximum absolute atomic E-state index is 12.0. The molecule has 0 atom stereocenters. The van der Waals surface area contributed by atoms with E-state index in [0.717, 1.165) is 11.1 Å². The van der Waals surface area contributed by atoms with Crippen molar-refractivity contribution in [3.8, 4) is 11.5 Å². The number of methoxy groups -OCH3 is 1. The number of nitrogens with zero attached hydrogens (tertiary/aromatic N) is 2. The molecule has 0 spiro atoms. The monoisotopic (exact) mass is 361 g/mol. The molecule has 136 valence electrons. The van der Waals surface area contributed by atoms with E-state index in [9.17, 15) is 4.79 Å². The summed E-state index contributed by atoms with van der Waals surface area (Å²) in [6.07, 6.45) is 4.66. The van der Waals surface area contributed by atoms with E-state index in [-0.39, 0.29) is 5.91 Å². The van der Waals surface area contributed by atoms with Gasteiger partial charge in [-0.25, -0.2) is 5.43 Å². The second-order valence-electron chi connectivity index (χ2n) is 5.62. The Morgan fingerprint density at radius 1 is 1.07 bits per heavy atom. The Morgan fingerprint density at radius 3 is 2.59 bits per heavy atom. The highest BCUT2D eigenvalue weighted by Crippen LogP contribution is 2.28. The van der Waals surface area contributed by atoms with E-state index < -0.39 is 0 Å². The van der Waals surface area contributed by atoms with E-state index in [1.54, 1.807) is 43.9 Å². The number of aromatic nitrogens is 1. The Morgan fingerprint density at radius 2 is 1.85 bits per heavy atom. The van der Waals surface area contributed by atoms with Crippen molar-refractivity contribution in [2.75, 3.05) is 7.11 Å². The number of hydrogen-bond donors (Lipinski definition) is 1. The number of carbonyl (C=O) groups excluding carboxylic acids is 1. The lowest BCUT2D eigenvalue weighted by atomic mass is 10.2. The summed E-state index contributed by atoms with van der Waals surface area (Å²) in [5, 5.41) is 3.99. The van der Waals surface area contributed by atoms with Crippen LogP contribution >= 0.6 is 0 Å². The Bertz CT molecular complexity index is 912. The molecule has 3 aromatic rings. The summed E-state index contributed by atoms with van der Waals surface area (Å²) >= 11 is 0. The minimum absolute atomic E-state index is 0.303. The van der Waals surface area contributed by atoms with Crippen LogP contribution in [0.25, 0.3) is 0 Å². The smallest absolute Gasteiger partial charge is 0.271 e. The molecular formula is C21H19N3O3. The maximum atomic E-state index is 12.0. The van der Waals surface area contributed by atoms with Gasteiger partial charge in [-0.2, -0.15) is 5.10 Å². The number of amides is 1. The molecule has 6 heteroatoms. The summed E-state index contributed by atoms with van der Waals surface area (Å²) in [5.41, 5.74) is 4.80. The molecule has 0 radical (unpaired) electrons. The zero-order valence-corrected chi connectivity index (χ0v) is 14.8. The molecule has 1 amide bonds. The number of hydrogen-bond acceptors (Lipinski definition) is 5. The quantitative estimate of drug-likeness (QED) is 0.517. The van der Waals surface area contributed by atoms with Crippen molar-refractivity contribution in [1.82, 2.24) is 10.4 Å². The normalized spacial score (nSPS) is 10.6. The van der Waals surface area contributed by atoms with E-state index in [1.165, 1.54) is 0 Å². The molecule has 0 aliphatic rings. The number of hydrazone groups is 1. The van der Waals surface area contributed by atoms with Crippen molar-refractivity contribution in [1.29, 1.82) is 0 Å². The van der Waals surface area contributed by atoms with Crippen molar-refractivity contribution in [2.45, 2.75) is 6.61 Å². The second kappa shape index (κ2) is 9.15. The molecule has 0 fully saturated rings. The zero-order valence-electron chi connectivity index (χ0n) is 14.8. The van der Waals surface area contributed by atoms with Crippen LogP contribution < -0.4 is 14.9 Å². The SMILES string of the molecule is COc1ccc(/C=N/NC(=O)c2ccncc2)cc1OCc1ccccc1. The van der Waals surface area contributed by atoms with Gasteiger partial charge in [-0.1, -0.05) is 30.3 Å². The molecule has 0 saturated heterocycles. The largest absolute Gasteiger partial charge is 0.493 e. The highest BCUT2D eigenvalue weighted by molar-refractivity contribution is 5.94. The molecule has 1 heterocycles. The minimum Gasteiger partial charge on any atom is -0.493 e. The minimum atomic E-state index is -0.303. The van der Waals surface area contributed by atoms with Crippen molar-refractivity contribution in [3.63, 3.8) is 0 Å². The molecular weight excluding hydrogens is 342 g/mol. The van der Waals surface area contributed by atoms with Crippen LogP contribution in [0.3, 0.4) is 0 Å². The zero-order chi connectivity index (χ0) is 18.9. The van der Waals surface area contributed by atoms with Gasteiger partial charge in [-0.15, -0.1) is 0 Å². The van der Waals surface area contributed by atoms with Gasteiger partial charge in [-0.05, 0) is 41.5 Å². The molecule has 2 aromatic carbocycles. The van der Waals surface area contributed by atoms with Crippen LogP contribution in [0.15, 0.2) is 78.2 Å². The van der Waals surface area contributed by atoms with Gasteiger partial charge in [-0.3, -0.25) is 9.78 Å².